The van der Waals surface area contributed by atoms with Crippen LogP contribution in [0.15, 0.2) is 96.0 Å². The molecule has 0 atom stereocenters. The molecular weight excluding hydrogens is 498 g/mol. The molecule has 1 amide bonds. The lowest BCUT2D eigenvalue weighted by Crippen LogP contribution is -2.27. The summed E-state index contributed by atoms with van der Waals surface area (Å²) >= 11 is 6.90. The minimum Gasteiger partial charge on any atom is -0.494 e. The van der Waals surface area contributed by atoms with Crippen LogP contribution in [0.3, 0.4) is 0 Å². The van der Waals surface area contributed by atoms with Crippen LogP contribution < -0.4 is 4.74 Å². The number of ether oxygens (including phenoxy) is 1. The zero-order chi connectivity index (χ0) is 25.6. The molecule has 186 valence electrons. The molecule has 1 aliphatic rings. The molecule has 0 spiro atoms. The number of aromatic nitrogens is 2. The number of nitrogens with zero attached hydrogens (tertiary/aromatic N) is 3. The van der Waals surface area contributed by atoms with Crippen molar-refractivity contribution < 1.29 is 9.53 Å². The highest BCUT2D eigenvalue weighted by Gasteiger charge is 2.32. The zero-order valence-corrected chi connectivity index (χ0v) is 22.2. The first-order valence-electron chi connectivity index (χ1n) is 12.3. The molecule has 7 heteroatoms. The second-order valence-corrected chi connectivity index (χ2v) is 10.4. The summed E-state index contributed by atoms with van der Waals surface area (Å²) in [5, 5.41) is 4.89. The number of unbranched alkanes of at least 4 members (excludes halogenated alkanes) is 1. The van der Waals surface area contributed by atoms with Gasteiger partial charge in [-0.3, -0.25) is 9.69 Å². The fourth-order valence-corrected chi connectivity index (χ4v) is 5.26. The molecule has 5 nitrogen and oxygen atoms in total. The fraction of sp³-hybridized carbons (Fsp3) is 0.167. The molecule has 1 fully saturated rings. The van der Waals surface area contributed by atoms with Gasteiger partial charge >= 0.3 is 0 Å². The van der Waals surface area contributed by atoms with E-state index in [2.05, 4.69) is 6.92 Å². The zero-order valence-electron chi connectivity index (χ0n) is 20.5. The number of hydrogen-bond acceptors (Lipinski definition) is 5. The van der Waals surface area contributed by atoms with E-state index in [0.29, 0.717) is 22.4 Å². The number of rotatable bonds is 9. The molecule has 0 radical (unpaired) electrons. The van der Waals surface area contributed by atoms with Gasteiger partial charge in [-0.2, -0.15) is 5.10 Å². The number of amides is 1. The molecule has 3 aromatic carbocycles. The summed E-state index contributed by atoms with van der Waals surface area (Å²) in [7, 11) is 0. The maximum atomic E-state index is 13.3. The normalized spacial score (nSPS) is 14.5. The van der Waals surface area contributed by atoms with Gasteiger partial charge < -0.3 is 4.74 Å². The molecule has 0 unspecified atom stereocenters. The van der Waals surface area contributed by atoms with Crippen molar-refractivity contribution in [1.29, 1.82) is 0 Å². The lowest BCUT2D eigenvalue weighted by Gasteiger charge is -2.14. The van der Waals surface area contributed by atoms with Crippen molar-refractivity contribution in [3.05, 3.63) is 107 Å². The Bertz CT molecular complexity index is 1410. The minimum atomic E-state index is -0.0862. The van der Waals surface area contributed by atoms with Crippen LogP contribution in [-0.2, 0) is 11.3 Å². The Balaban J connectivity index is 1.47. The summed E-state index contributed by atoms with van der Waals surface area (Å²) in [4.78, 5) is 15.6. The lowest BCUT2D eigenvalue weighted by molar-refractivity contribution is -0.122. The Kier molecular flexibility index (Phi) is 7.82. The van der Waals surface area contributed by atoms with E-state index in [0.717, 1.165) is 46.7 Å². The maximum absolute atomic E-state index is 13.3. The molecule has 0 saturated carbocycles. The van der Waals surface area contributed by atoms with Crippen LogP contribution >= 0.6 is 24.0 Å². The fourth-order valence-electron chi connectivity index (χ4n) is 4.02. The average molecular weight is 526 g/mol. The van der Waals surface area contributed by atoms with Crippen molar-refractivity contribution in [2.75, 3.05) is 6.61 Å². The van der Waals surface area contributed by atoms with Gasteiger partial charge in [0.15, 0.2) is 0 Å². The summed E-state index contributed by atoms with van der Waals surface area (Å²) in [5.74, 6) is 0.750. The van der Waals surface area contributed by atoms with Crippen LogP contribution in [0.1, 0.15) is 30.9 Å². The highest BCUT2D eigenvalue weighted by molar-refractivity contribution is 8.26. The van der Waals surface area contributed by atoms with Gasteiger partial charge in [-0.15, -0.1) is 0 Å². The van der Waals surface area contributed by atoms with E-state index in [1.54, 1.807) is 4.90 Å². The van der Waals surface area contributed by atoms with E-state index in [1.807, 2.05) is 102 Å². The number of thiocarbonyl (C=S) groups is 1. The van der Waals surface area contributed by atoms with Crippen molar-refractivity contribution in [1.82, 2.24) is 14.7 Å². The molecule has 0 aliphatic carbocycles. The van der Waals surface area contributed by atoms with Gasteiger partial charge in [0.2, 0.25) is 0 Å². The average Bonchev–Trinajstić information content (AvgIpc) is 3.47. The third-order valence-corrected chi connectivity index (χ3v) is 7.38. The third kappa shape index (κ3) is 5.84. The van der Waals surface area contributed by atoms with Crippen molar-refractivity contribution in [2.24, 2.45) is 0 Å². The lowest BCUT2D eigenvalue weighted by atomic mass is 10.1. The van der Waals surface area contributed by atoms with Gasteiger partial charge in [0.25, 0.3) is 5.91 Å². The monoisotopic (exact) mass is 525 g/mol. The third-order valence-electron chi connectivity index (χ3n) is 6.00. The number of thioether (sulfide) groups is 1. The molecule has 1 aromatic heterocycles. The summed E-state index contributed by atoms with van der Waals surface area (Å²) in [6.07, 6.45) is 5.98. The Hall–Kier alpha value is -3.68. The Morgan fingerprint density at radius 3 is 2.38 bits per heavy atom. The predicted molar refractivity (Wildman–Crippen MR) is 155 cm³/mol. The van der Waals surface area contributed by atoms with E-state index in [9.17, 15) is 4.79 Å². The van der Waals surface area contributed by atoms with Gasteiger partial charge in [-0.05, 0) is 54.5 Å². The van der Waals surface area contributed by atoms with E-state index >= 15 is 0 Å². The minimum absolute atomic E-state index is 0.0862. The van der Waals surface area contributed by atoms with Crippen LogP contribution in [-0.4, -0.2) is 31.5 Å². The SMILES string of the molecule is CCCCOc1ccc(-c2nn(-c3ccccc3)cc2/C=C2\SC(=S)N(Cc3ccccc3)C2=O)cc1. The van der Waals surface area contributed by atoms with Gasteiger partial charge in [0.1, 0.15) is 10.1 Å². The predicted octanol–water partition coefficient (Wildman–Crippen LogP) is 7.12. The largest absolute Gasteiger partial charge is 0.494 e. The molecule has 1 saturated heterocycles. The van der Waals surface area contributed by atoms with Crippen LogP contribution in [0, 0.1) is 0 Å². The number of para-hydroxylation sites is 1. The molecule has 0 bridgehead atoms. The van der Waals surface area contributed by atoms with Crippen LogP contribution in [0.5, 0.6) is 5.75 Å². The maximum Gasteiger partial charge on any atom is 0.266 e. The molecule has 2 heterocycles. The smallest absolute Gasteiger partial charge is 0.266 e. The quantitative estimate of drug-likeness (QED) is 0.132. The van der Waals surface area contributed by atoms with Gasteiger partial charge in [-0.1, -0.05) is 85.9 Å². The highest BCUT2D eigenvalue weighted by atomic mass is 32.2. The summed E-state index contributed by atoms with van der Waals surface area (Å²) in [6.45, 7) is 3.31. The second kappa shape index (κ2) is 11.6. The first-order chi connectivity index (χ1) is 18.1. The Morgan fingerprint density at radius 2 is 1.68 bits per heavy atom. The van der Waals surface area contributed by atoms with Crippen LogP contribution in [0.25, 0.3) is 23.0 Å². The summed E-state index contributed by atoms with van der Waals surface area (Å²) in [6, 6.07) is 27.8. The summed E-state index contributed by atoms with van der Waals surface area (Å²) < 4.78 is 8.24. The van der Waals surface area contributed by atoms with E-state index in [4.69, 9.17) is 22.1 Å². The molecule has 5 rings (SSSR count). The van der Waals surface area contributed by atoms with Crippen molar-refractivity contribution >= 4 is 40.3 Å². The Labute approximate surface area is 226 Å². The Morgan fingerprint density at radius 1 is 0.973 bits per heavy atom. The van der Waals surface area contributed by atoms with E-state index in [-0.39, 0.29) is 5.91 Å². The molecule has 4 aromatic rings. The van der Waals surface area contributed by atoms with E-state index in [1.165, 1.54) is 11.8 Å². The van der Waals surface area contributed by atoms with Crippen molar-refractivity contribution in [3.8, 4) is 22.7 Å². The molecule has 1 aliphatic heterocycles. The topological polar surface area (TPSA) is 47.4 Å². The molecule has 37 heavy (non-hydrogen) atoms. The second-order valence-electron chi connectivity index (χ2n) is 8.69. The highest BCUT2D eigenvalue weighted by Crippen LogP contribution is 2.36. The number of benzene rings is 3. The van der Waals surface area contributed by atoms with Gasteiger partial charge in [0.05, 0.1) is 29.4 Å². The van der Waals surface area contributed by atoms with Crippen molar-refractivity contribution in [3.63, 3.8) is 0 Å². The number of hydrogen-bond donors (Lipinski definition) is 0. The van der Waals surface area contributed by atoms with Crippen LogP contribution in [0.2, 0.25) is 0 Å². The van der Waals surface area contributed by atoms with Crippen LogP contribution in [0.4, 0.5) is 0 Å². The standard InChI is InChI=1S/C30H27N3O2S2/c1-2-3-18-35-26-16-14-23(15-17-26)28-24(21-33(31-28)25-12-8-5-9-13-25)19-27-29(34)32(30(36)37-27)20-22-10-6-4-7-11-22/h4-17,19,21H,2-3,18,20H2,1H3/b27-19-. The van der Waals surface area contributed by atoms with Crippen molar-refractivity contribution in [2.45, 2.75) is 26.3 Å². The number of carbonyl (C=O) groups is 1. The summed E-state index contributed by atoms with van der Waals surface area (Å²) in [5.41, 5.74) is 4.57. The first-order valence-corrected chi connectivity index (χ1v) is 13.5. The van der Waals surface area contributed by atoms with Gasteiger partial charge in [0, 0.05) is 17.3 Å². The molecular formula is C30H27N3O2S2. The van der Waals surface area contributed by atoms with Gasteiger partial charge in [-0.25, -0.2) is 4.68 Å². The molecule has 0 N–H and O–H groups in total. The number of carbonyl (C=O) groups excluding carboxylic acids is 1. The van der Waals surface area contributed by atoms with E-state index < -0.39 is 0 Å². The first kappa shape index (κ1) is 25.0.